The molecule has 3 rings (SSSR count). The first-order valence-corrected chi connectivity index (χ1v) is 8.55. The highest BCUT2D eigenvalue weighted by atomic mass is 19.4. The summed E-state index contributed by atoms with van der Waals surface area (Å²) in [7, 11) is 0. The molecule has 2 fully saturated rings. The Labute approximate surface area is 144 Å². The van der Waals surface area contributed by atoms with Gasteiger partial charge in [0.1, 0.15) is 6.07 Å². The number of anilines is 1. The van der Waals surface area contributed by atoms with E-state index in [1.165, 1.54) is 6.07 Å². The summed E-state index contributed by atoms with van der Waals surface area (Å²) < 4.78 is 38.4. The Balaban J connectivity index is 1.68. The second kappa shape index (κ2) is 6.95. The quantitative estimate of drug-likeness (QED) is 0.820. The van der Waals surface area contributed by atoms with E-state index in [9.17, 15) is 23.2 Å². The van der Waals surface area contributed by atoms with E-state index < -0.39 is 11.7 Å². The molecule has 0 N–H and O–H groups in total. The molecule has 1 aromatic carbocycles. The van der Waals surface area contributed by atoms with Crippen molar-refractivity contribution in [2.75, 3.05) is 31.1 Å². The standard InChI is InChI=1S/C18H20F3N3O/c19-18(20,21)15-5-6-16(14(11-15)12-22)23-7-9-24(10-8-23)17(25)13-3-1-2-4-13/h5-6,11,13H,1-4,7-10H2. The number of benzene rings is 1. The summed E-state index contributed by atoms with van der Waals surface area (Å²) in [5, 5.41) is 9.21. The van der Waals surface area contributed by atoms with Gasteiger partial charge in [0.2, 0.25) is 5.91 Å². The van der Waals surface area contributed by atoms with Crippen LogP contribution in [-0.4, -0.2) is 37.0 Å². The second-order valence-electron chi connectivity index (χ2n) is 6.64. The first-order valence-electron chi connectivity index (χ1n) is 8.55. The van der Waals surface area contributed by atoms with Crippen LogP contribution in [0.15, 0.2) is 18.2 Å². The molecule has 1 aromatic rings. The molecular formula is C18H20F3N3O. The Morgan fingerprint density at radius 1 is 1.12 bits per heavy atom. The van der Waals surface area contributed by atoms with Crippen LogP contribution in [0.1, 0.15) is 36.8 Å². The molecule has 0 atom stereocenters. The van der Waals surface area contributed by atoms with Crippen molar-refractivity contribution in [1.82, 2.24) is 4.90 Å². The number of carbonyl (C=O) groups excluding carboxylic acids is 1. The molecular weight excluding hydrogens is 331 g/mol. The lowest BCUT2D eigenvalue weighted by atomic mass is 10.1. The van der Waals surface area contributed by atoms with Gasteiger partial charge in [-0.25, -0.2) is 0 Å². The lowest BCUT2D eigenvalue weighted by Crippen LogP contribution is -2.50. The van der Waals surface area contributed by atoms with E-state index in [1.54, 1.807) is 0 Å². The van der Waals surface area contributed by atoms with Gasteiger partial charge in [0.05, 0.1) is 16.8 Å². The maximum absolute atomic E-state index is 12.8. The lowest BCUT2D eigenvalue weighted by Gasteiger charge is -2.37. The normalized spacial score (nSPS) is 19.1. The summed E-state index contributed by atoms with van der Waals surface area (Å²) in [5.74, 6) is 0.331. The molecule has 0 aromatic heterocycles. The molecule has 1 aliphatic heterocycles. The summed E-state index contributed by atoms with van der Waals surface area (Å²) in [6.45, 7) is 2.14. The average Bonchev–Trinajstić information content (AvgIpc) is 3.14. The van der Waals surface area contributed by atoms with Gasteiger partial charge in [-0.1, -0.05) is 12.8 Å². The third-order valence-corrected chi connectivity index (χ3v) is 5.08. The lowest BCUT2D eigenvalue weighted by molar-refractivity contribution is -0.137. The van der Waals surface area contributed by atoms with Crippen LogP contribution < -0.4 is 4.90 Å². The molecule has 25 heavy (non-hydrogen) atoms. The first-order chi connectivity index (χ1) is 11.9. The van der Waals surface area contributed by atoms with Crippen LogP contribution in [-0.2, 0) is 11.0 Å². The molecule has 4 nitrogen and oxygen atoms in total. The number of nitriles is 1. The Morgan fingerprint density at radius 3 is 2.32 bits per heavy atom. The van der Waals surface area contributed by atoms with Crippen LogP contribution in [0.5, 0.6) is 0 Å². The van der Waals surface area contributed by atoms with Crippen LogP contribution in [0.2, 0.25) is 0 Å². The van der Waals surface area contributed by atoms with Crippen LogP contribution in [0.25, 0.3) is 0 Å². The predicted molar refractivity (Wildman–Crippen MR) is 86.9 cm³/mol. The number of halogens is 3. The first kappa shape index (κ1) is 17.6. The van der Waals surface area contributed by atoms with E-state index in [-0.39, 0.29) is 17.4 Å². The number of hydrogen-bond acceptors (Lipinski definition) is 3. The Bertz CT molecular complexity index is 682. The highest BCUT2D eigenvalue weighted by molar-refractivity contribution is 5.79. The van der Waals surface area contributed by atoms with Crippen molar-refractivity contribution in [1.29, 1.82) is 5.26 Å². The van der Waals surface area contributed by atoms with Crippen LogP contribution in [0.3, 0.4) is 0 Å². The minimum absolute atomic E-state index is 0.0189. The molecule has 0 spiro atoms. The van der Waals surface area contributed by atoms with E-state index >= 15 is 0 Å². The largest absolute Gasteiger partial charge is 0.416 e. The number of nitrogens with zero attached hydrogens (tertiary/aromatic N) is 3. The third kappa shape index (κ3) is 3.73. The topological polar surface area (TPSA) is 47.3 Å². The zero-order valence-electron chi connectivity index (χ0n) is 13.9. The van der Waals surface area contributed by atoms with Gasteiger partial charge in [0, 0.05) is 32.1 Å². The number of piperazine rings is 1. The average molecular weight is 351 g/mol. The van der Waals surface area contributed by atoms with Crippen LogP contribution in [0, 0.1) is 17.2 Å². The molecule has 1 aliphatic carbocycles. The van der Waals surface area contributed by atoms with E-state index in [0.717, 1.165) is 37.8 Å². The molecule has 134 valence electrons. The maximum Gasteiger partial charge on any atom is 0.416 e. The van der Waals surface area contributed by atoms with Crippen molar-refractivity contribution < 1.29 is 18.0 Å². The zero-order valence-corrected chi connectivity index (χ0v) is 13.9. The molecule has 7 heteroatoms. The third-order valence-electron chi connectivity index (χ3n) is 5.08. The van der Waals surface area contributed by atoms with Crippen molar-refractivity contribution in [3.63, 3.8) is 0 Å². The molecule has 1 saturated carbocycles. The fourth-order valence-corrected chi connectivity index (χ4v) is 3.68. The van der Waals surface area contributed by atoms with Gasteiger partial charge in [0.25, 0.3) is 0 Å². The monoisotopic (exact) mass is 351 g/mol. The predicted octanol–water partition coefficient (Wildman–Crippen LogP) is 3.42. The van der Waals surface area contributed by atoms with Crippen molar-refractivity contribution in [3.8, 4) is 6.07 Å². The second-order valence-corrected chi connectivity index (χ2v) is 6.64. The van der Waals surface area contributed by atoms with E-state index in [2.05, 4.69) is 0 Å². The molecule has 1 heterocycles. The summed E-state index contributed by atoms with van der Waals surface area (Å²) >= 11 is 0. The van der Waals surface area contributed by atoms with Crippen molar-refractivity contribution in [2.24, 2.45) is 5.92 Å². The smallest absolute Gasteiger partial charge is 0.367 e. The minimum atomic E-state index is -4.46. The highest BCUT2D eigenvalue weighted by Gasteiger charge is 2.33. The van der Waals surface area contributed by atoms with Gasteiger partial charge in [0.15, 0.2) is 0 Å². The van der Waals surface area contributed by atoms with Gasteiger partial charge in [-0.2, -0.15) is 18.4 Å². The van der Waals surface area contributed by atoms with E-state index in [4.69, 9.17) is 0 Å². The highest BCUT2D eigenvalue weighted by Crippen LogP contribution is 2.33. The van der Waals surface area contributed by atoms with Crippen molar-refractivity contribution in [3.05, 3.63) is 29.3 Å². The number of amides is 1. The van der Waals surface area contributed by atoms with Gasteiger partial charge in [-0.3, -0.25) is 4.79 Å². The molecule has 0 bridgehead atoms. The van der Waals surface area contributed by atoms with E-state index in [0.29, 0.717) is 31.9 Å². The molecule has 1 saturated heterocycles. The molecule has 0 unspecified atom stereocenters. The fraction of sp³-hybridized carbons (Fsp3) is 0.556. The Morgan fingerprint density at radius 2 is 1.76 bits per heavy atom. The summed E-state index contributed by atoms with van der Waals surface area (Å²) in [5.41, 5.74) is -0.295. The van der Waals surface area contributed by atoms with Gasteiger partial charge >= 0.3 is 6.18 Å². The number of hydrogen-bond donors (Lipinski definition) is 0. The Hall–Kier alpha value is -2.23. The Kier molecular flexibility index (Phi) is 4.89. The number of rotatable bonds is 2. The SMILES string of the molecule is N#Cc1cc(C(F)(F)F)ccc1N1CCN(C(=O)C2CCCC2)CC1. The van der Waals surface area contributed by atoms with Gasteiger partial charge in [-0.15, -0.1) is 0 Å². The van der Waals surface area contributed by atoms with Crippen LogP contribution >= 0.6 is 0 Å². The maximum atomic E-state index is 12.8. The minimum Gasteiger partial charge on any atom is -0.367 e. The fourth-order valence-electron chi connectivity index (χ4n) is 3.68. The van der Waals surface area contributed by atoms with Crippen molar-refractivity contribution in [2.45, 2.75) is 31.9 Å². The molecule has 1 amide bonds. The zero-order chi connectivity index (χ0) is 18.0. The number of carbonyl (C=O) groups is 1. The molecule has 2 aliphatic rings. The summed E-state index contributed by atoms with van der Waals surface area (Å²) in [6.07, 6.45) is -0.343. The van der Waals surface area contributed by atoms with Gasteiger partial charge < -0.3 is 9.80 Å². The summed E-state index contributed by atoms with van der Waals surface area (Å²) in [6, 6.07) is 5.12. The molecule has 0 radical (unpaired) electrons. The van der Waals surface area contributed by atoms with Gasteiger partial charge in [-0.05, 0) is 31.0 Å². The van der Waals surface area contributed by atoms with Crippen LogP contribution in [0.4, 0.5) is 18.9 Å². The summed E-state index contributed by atoms with van der Waals surface area (Å²) in [4.78, 5) is 16.2. The van der Waals surface area contributed by atoms with E-state index in [1.807, 2.05) is 15.9 Å². The van der Waals surface area contributed by atoms with Crippen molar-refractivity contribution >= 4 is 11.6 Å². The number of alkyl halides is 3.